The average Bonchev–Trinajstić information content (AvgIpc) is 2.68. The zero-order valence-corrected chi connectivity index (χ0v) is 15.5. The minimum absolute atomic E-state index is 0.0306. The van der Waals surface area contributed by atoms with Gasteiger partial charge in [0, 0.05) is 19.1 Å². The van der Waals surface area contributed by atoms with Crippen LogP contribution in [-0.2, 0) is 16.1 Å². The minimum Gasteiger partial charge on any atom is -0.373 e. The minimum atomic E-state index is -0.0306. The number of benzene rings is 1. The summed E-state index contributed by atoms with van der Waals surface area (Å²) in [5.74, 6) is 0.204. The molecule has 1 amide bonds. The normalized spacial score (nSPS) is 21.8. The van der Waals surface area contributed by atoms with Crippen molar-refractivity contribution in [3.05, 3.63) is 35.9 Å². The van der Waals surface area contributed by atoms with Gasteiger partial charge in [0.2, 0.25) is 5.91 Å². The van der Waals surface area contributed by atoms with E-state index in [1.54, 1.807) is 0 Å². The number of hydrogen-bond acceptors (Lipinski definition) is 3. The van der Waals surface area contributed by atoms with Gasteiger partial charge in [-0.15, -0.1) is 0 Å². The average molecular weight is 344 g/mol. The van der Waals surface area contributed by atoms with E-state index in [-0.39, 0.29) is 11.9 Å². The summed E-state index contributed by atoms with van der Waals surface area (Å²) in [7, 11) is 0. The van der Waals surface area contributed by atoms with Crippen LogP contribution in [0.5, 0.6) is 0 Å². The van der Waals surface area contributed by atoms with Gasteiger partial charge in [0.1, 0.15) is 0 Å². The number of nitrogens with zero attached hydrogens (tertiary/aromatic N) is 1. The van der Waals surface area contributed by atoms with Gasteiger partial charge >= 0.3 is 0 Å². The number of piperidine rings is 1. The third kappa shape index (κ3) is 5.55. The lowest BCUT2D eigenvalue weighted by Gasteiger charge is -2.36. The quantitative estimate of drug-likeness (QED) is 0.859. The maximum atomic E-state index is 12.5. The Kier molecular flexibility index (Phi) is 6.88. The van der Waals surface area contributed by atoms with E-state index in [9.17, 15) is 4.79 Å². The molecule has 2 fully saturated rings. The Morgan fingerprint density at radius 1 is 1.12 bits per heavy atom. The molecule has 1 N–H and O–H groups in total. The van der Waals surface area contributed by atoms with Gasteiger partial charge in [-0.3, -0.25) is 9.69 Å². The van der Waals surface area contributed by atoms with Crippen LogP contribution in [0.15, 0.2) is 30.3 Å². The van der Waals surface area contributed by atoms with Crippen LogP contribution >= 0.6 is 0 Å². The summed E-state index contributed by atoms with van der Waals surface area (Å²) in [6.45, 7) is 4.62. The van der Waals surface area contributed by atoms with E-state index in [1.165, 1.54) is 24.8 Å². The third-order valence-corrected chi connectivity index (χ3v) is 5.68. The molecule has 138 valence electrons. The summed E-state index contributed by atoms with van der Waals surface area (Å²) < 4.78 is 6.05. The highest BCUT2D eigenvalue weighted by Crippen LogP contribution is 2.20. The number of amides is 1. The molecule has 1 aliphatic carbocycles. The number of hydrogen-bond donors (Lipinski definition) is 1. The van der Waals surface area contributed by atoms with Gasteiger partial charge in [-0.2, -0.15) is 0 Å². The van der Waals surface area contributed by atoms with E-state index in [1.807, 2.05) is 25.1 Å². The SMILES string of the molecule is CC(C(=O)NC1CCCCC1)N1CCC(OCc2ccccc2)CC1. The Bertz CT molecular complexity index is 520. The lowest BCUT2D eigenvalue weighted by molar-refractivity contribution is -0.128. The highest BCUT2D eigenvalue weighted by atomic mass is 16.5. The van der Waals surface area contributed by atoms with E-state index < -0.39 is 0 Å². The zero-order valence-electron chi connectivity index (χ0n) is 15.5. The van der Waals surface area contributed by atoms with Crippen molar-refractivity contribution < 1.29 is 9.53 Å². The van der Waals surface area contributed by atoms with Crippen molar-refractivity contribution >= 4 is 5.91 Å². The Balaban J connectivity index is 1.38. The Hall–Kier alpha value is -1.39. The molecule has 25 heavy (non-hydrogen) atoms. The van der Waals surface area contributed by atoms with E-state index in [0.717, 1.165) is 38.8 Å². The molecular formula is C21H32N2O2. The van der Waals surface area contributed by atoms with Crippen molar-refractivity contribution in [1.82, 2.24) is 10.2 Å². The van der Waals surface area contributed by atoms with E-state index in [0.29, 0.717) is 18.8 Å². The second kappa shape index (κ2) is 9.35. The molecule has 1 aromatic carbocycles. The zero-order chi connectivity index (χ0) is 17.5. The van der Waals surface area contributed by atoms with Gasteiger partial charge < -0.3 is 10.1 Å². The second-order valence-corrected chi connectivity index (χ2v) is 7.55. The molecule has 1 saturated carbocycles. The molecule has 2 aliphatic rings. The van der Waals surface area contributed by atoms with Crippen LogP contribution in [0.3, 0.4) is 0 Å². The van der Waals surface area contributed by atoms with Gasteiger partial charge in [-0.1, -0.05) is 49.6 Å². The summed E-state index contributed by atoms with van der Waals surface area (Å²) in [5.41, 5.74) is 1.23. The first-order valence-corrected chi connectivity index (χ1v) is 9.92. The highest BCUT2D eigenvalue weighted by molar-refractivity contribution is 5.81. The van der Waals surface area contributed by atoms with Crippen molar-refractivity contribution in [2.24, 2.45) is 0 Å². The van der Waals surface area contributed by atoms with Gasteiger partial charge in [0.25, 0.3) is 0 Å². The smallest absolute Gasteiger partial charge is 0.237 e. The number of ether oxygens (including phenoxy) is 1. The summed E-state index contributed by atoms with van der Waals surface area (Å²) in [4.78, 5) is 14.8. The standard InChI is InChI=1S/C21H32N2O2/c1-17(21(24)22-19-10-6-3-7-11-19)23-14-12-20(13-15-23)25-16-18-8-4-2-5-9-18/h2,4-5,8-9,17,19-20H,3,6-7,10-16H2,1H3,(H,22,24). The molecule has 1 saturated heterocycles. The number of likely N-dealkylation sites (tertiary alicyclic amines) is 1. The Morgan fingerprint density at radius 3 is 2.48 bits per heavy atom. The van der Waals surface area contributed by atoms with Crippen molar-refractivity contribution in [3.63, 3.8) is 0 Å². The molecule has 0 spiro atoms. The first-order valence-electron chi connectivity index (χ1n) is 9.92. The molecule has 0 bridgehead atoms. The number of rotatable bonds is 6. The van der Waals surface area contributed by atoms with Crippen molar-refractivity contribution in [2.75, 3.05) is 13.1 Å². The van der Waals surface area contributed by atoms with Crippen LogP contribution in [0.2, 0.25) is 0 Å². The molecular weight excluding hydrogens is 312 g/mol. The molecule has 0 radical (unpaired) electrons. The molecule has 1 aromatic rings. The number of carbonyl (C=O) groups excluding carboxylic acids is 1. The first-order chi connectivity index (χ1) is 12.2. The highest BCUT2D eigenvalue weighted by Gasteiger charge is 2.28. The van der Waals surface area contributed by atoms with Crippen molar-refractivity contribution in [3.8, 4) is 0 Å². The summed E-state index contributed by atoms with van der Waals surface area (Å²) in [5, 5.41) is 3.26. The molecule has 4 heteroatoms. The van der Waals surface area contributed by atoms with Gasteiger partial charge in [0.05, 0.1) is 18.8 Å². The first kappa shape index (κ1) is 18.4. The maximum Gasteiger partial charge on any atom is 0.237 e. The molecule has 1 heterocycles. The predicted octanol–water partition coefficient (Wildman–Crippen LogP) is 3.51. The fourth-order valence-corrected chi connectivity index (χ4v) is 3.95. The molecule has 1 atom stereocenters. The maximum absolute atomic E-state index is 12.5. The molecule has 1 aliphatic heterocycles. The van der Waals surface area contributed by atoms with Crippen LogP contribution in [0.1, 0.15) is 57.4 Å². The van der Waals surface area contributed by atoms with E-state index >= 15 is 0 Å². The van der Waals surface area contributed by atoms with Crippen LogP contribution in [0.25, 0.3) is 0 Å². The van der Waals surface area contributed by atoms with Crippen LogP contribution in [0, 0.1) is 0 Å². The largest absolute Gasteiger partial charge is 0.373 e. The van der Waals surface area contributed by atoms with Crippen LogP contribution in [-0.4, -0.2) is 42.1 Å². The molecule has 4 nitrogen and oxygen atoms in total. The van der Waals surface area contributed by atoms with Gasteiger partial charge in [0.15, 0.2) is 0 Å². The lowest BCUT2D eigenvalue weighted by Crippen LogP contribution is -2.51. The van der Waals surface area contributed by atoms with E-state index in [2.05, 4.69) is 22.3 Å². The van der Waals surface area contributed by atoms with Gasteiger partial charge in [-0.05, 0) is 38.2 Å². The lowest BCUT2D eigenvalue weighted by atomic mass is 9.95. The van der Waals surface area contributed by atoms with Gasteiger partial charge in [-0.25, -0.2) is 0 Å². The molecule has 3 rings (SSSR count). The topological polar surface area (TPSA) is 41.6 Å². The van der Waals surface area contributed by atoms with E-state index in [4.69, 9.17) is 4.74 Å². The fraction of sp³-hybridized carbons (Fsp3) is 0.667. The summed E-state index contributed by atoms with van der Waals surface area (Å²) in [6.07, 6.45) is 8.44. The van der Waals surface area contributed by atoms with Crippen LogP contribution < -0.4 is 5.32 Å². The fourth-order valence-electron chi connectivity index (χ4n) is 3.95. The van der Waals surface area contributed by atoms with Crippen molar-refractivity contribution in [2.45, 2.75) is 76.7 Å². The third-order valence-electron chi connectivity index (χ3n) is 5.68. The summed E-state index contributed by atoms with van der Waals surface area (Å²) in [6, 6.07) is 10.7. The predicted molar refractivity (Wildman–Crippen MR) is 100 cm³/mol. The Morgan fingerprint density at radius 2 is 1.80 bits per heavy atom. The molecule has 1 unspecified atom stereocenters. The second-order valence-electron chi connectivity index (χ2n) is 7.55. The molecule has 0 aromatic heterocycles. The van der Waals surface area contributed by atoms with Crippen LogP contribution in [0.4, 0.5) is 0 Å². The number of nitrogens with one attached hydrogen (secondary N) is 1. The Labute approximate surface area is 151 Å². The number of carbonyl (C=O) groups is 1. The summed E-state index contributed by atoms with van der Waals surface area (Å²) >= 11 is 0. The monoisotopic (exact) mass is 344 g/mol. The van der Waals surface area contributed by atoms with Crippen molar-refractivity contribution in [1.29, 1.82) is 0 Å².